The van der Waals surface area contributed by atoms with E-state index in [1.165, 1.54) is 44.6 Å². The van der Waals surface area contributed by atoms with Crippen LogP contribution in [-0.2, 0) is 28.5 Å². The van der Waals surface area contributed by atoms with Gasteiger partial charge in [-0.1, -0.05) is 0 Å². The van der Waals surface area contributed by atoms with Gasteiger partial charge in [-0.2, -0.15) is 0 Å². The summed E-state index contributed by atoms with van der Waals surface area (Å²) in [7, 11) is 2.60. The summed E-state index contributed by atoms with van der Waals surface area (Å²) in [5.74, 6) is -3.98. The second-order valence-electron chi connectivity index (χ2n) is 16.0. The van der Waals surface area contributed by atoms with Crippen molar-refractivity contribution < 1.29 is 123 Å². The molecular weight excluding hydrogens is 928 g/mol. The molecule has 25 nitrogen and oxygen atoms in total. The first-order valence-corrected chi connectivity index (χ1v) is 20.9. The van der Waals surface area contributed by atoms with Crippen LogP contribution in [0.5, 0.6) is 46.0 Å². The maximum atomic E-state index is 13.0. The highest BCUT2D eigenvalue weighted by molar-refractivity contribution is 5.89. The molecule has 15 atom stereocenters. The van der Waals surface area contributed by atoms with E-state index in [-0.39, 0.29) is 45.3 Å². The number of hydrogen-bond acceptors (Lipinski definition) is 24. The normalized spacial score (nSPS) is 31.6. The van der Waals surface area contributed by atoms with Crippen LogP contribution in [-0.4, -0.2) is 204 Å². The average Bonchev–Trinajstić information content (AvgIpc) is 3.33. The zero-order chi connectivity index (χ0) is 50.0. The first-order valence-electron chi connectivity index (χ1n) is 20.9. The smallest absolute Gasteiger partial charge is 0.402 e. The van der Waals surface area contributed by atoms with Crippen LogP contribution in [0.25, 0.3) is 28.4 Å². The summed E-state index contributed by atoms with van der Waals surface area (Å²) in [5.41, 5.74) is 0.117. The molecule has 3 saturated heterocycles. The Balaban J connectivity index is 1.26. The molecule has 0 saturated carbocycles. The van der Waals surface area contributed by atoms with Crippen LogP contribution >= 0.6 is 0 Å². The molecule has 0 radical (unpaired) electrons. The topological polar surface area (TPSA) is 395 Å². The van der Waals surface area contributed by atoms with Crippen LogP contribution in [0.3, 0.4) is 0 Å². The van der Waals surface area contributed by atoms with Crippen LogP contribution in [0.4, 0.5) is 0 Å². The van der Waals surface area contributed by atoms with Crippen molar-refractivity contribution in [2.24, 2.45) is 0 Å². The number of ether oxygens (including phenoxy) is 9. The number of phenolic OH excluding ortho intramolecular Hbond substituents is 4. The lowest BCUT2D eigenvalue weighted by atomic mass is 9.97. The van der Waals surface area contributed by atoms with Crippen molar-refractivity contribution >= 4 is 23.0 Å². The predicted molar refractivity (Wildman–Crippen MR) is 227 cm³/mol. The Labute approximate surface area is 389 Å². The molecule has 0 spiro atoms. The zero-order valence-electron chi connectivity index (χ0n) is 36.3. The lowest BCUT2D eigenvalue weighted by molar-refractivity contribution is -0.357. The van der Waals surface area contributed by atoms with Gasteiger partial charge in [0.2, 0.25) is 24.1 Å². The summed E-state index contributed by atoms with van der Waals surface area (Å²) in [4.78, 5) is 13.0. The molecular formula is C44H51O25+. The van der Waals surface area contributed by atoms with Gasteiger partial charge in [-0.25, -0.2) is 9.21 Å². The lowest BCUT2D eigenvalue weighted by Gasteiger charge is -2.45. The Morgan fingerprint density at radius 1 is 0.623 bits per heavy atom. The molecule has 4 heterocycles. The number of aromatic hydroxyl groups is 4. The van der Waals surface area contributed by atoms with Gasteiger partial charge in [0.25, 0.3) is 0 Å². The van der Waals surface area contributed by atoms with E-state index in [0.29, 0.717) is 5.56 Å². The van der Waals surface area contributed by atoms with Gasteiger partial charge >= 0.3 is 17.3 Å². The Kier molecular flexibility index (Phi) is 15.8. The molecule has 376 valence electrons. The Morgan fingerprint density at radius 3 is 1.81 bits per heavy atom. The number of hydrogen-bond donors (Lipinski definition) is 14. The van der Waals surface area contributed by atoms with Gasteiger partial charge in [0.05, 0.1) is 39.1 Å². The summed E-state index contributed by atoms with van der Waals surface area (Å²) in [6.07, 6.45) is -25.5. The third-order valence-electron chi connectivity index (χ3n) is 11.5. The first kappa shape index (κ1) is 51.0. The number of methoxy groups -OCH3 is 2. The number of fused-ring (bicyclic) bond motifs is 1. The Bertz CT molecular complexity index is 2440. The molecule has 1 aromatic heterocycles. The number of aliphatic hydroxyl groups excluding tert-OH is 10. The molecule has 0 bridgehead atoms. The van der Waals surface area contributed by atoms with Crippen LogP contribution in [0.2, 0.25) is 0 Å². The minimum Gasteiger partial charge on any atom is -0.507 e. The maximum Gasteiger partial charge on any atom is 0.402 e. The van der Waals surface area contributed by atoms with Crippen molar-refractivity contribution in [3.8, 4) is 57.3 Å². The predicted octanol–water partition coefficient (Wildman–Crippen LogP) is -2.33. The second kappa shape index (κ2) is 21.4. The van der Waals surface area contributed by atoms with Crippen molar-refractivity contribution in [1.29, 1.82) is 0 Å². The number of carbonyl (C=O) groups is 1. The molecule has 69 heavy (non-hydrogen) atoms. The number of benzene rings is 3. The van der Waals surface area contributed by atoms with Crippen molar-refractivity contribution in [3.05, 3.63) is 60.2 Å². The molecule has 14 N–H and O–H groups in total. The summed E-state index contributed by atoms with van der Waals surface area (Å²) in [6.45, 7) is -2.47. The average molecular weight is 980 g/mol. The second-order valence-corrected chi connectivity index (χ2v) is 16.0. The van der Waals surface area contributed by atoms with E-state index < -0.39 is 141 Å². The van der Waals surface area contributed by atoms with Crippen molar-refractivity contribution in [1.82, 2.24) is 0 Å². The van der Waals surface area contributed by atoms with Gasteiger partial charge in [-0.15, -0.1) is 0 Å². The minimum atomic E-state index is -2.10. The fourth-order valence-corrected chi connectivity index (χ4v) is 7.64. The molecule has 3 fully saturated rings. The monoisotopic (exact) mass is 979 g/mol. The molecule has 3 aromatic carbocycles. The molecule has 3 aliphatic rings. The zero-order valence-corrected chi connectivity index (χ0v) is 36.3. The van der Waals surface area contributed by atoms with E-state index in [2.05, 4.69) is 0 Å². The van der Waals surface area contributed by atoms with Gasteiger partial charge in [0, 0.05) is 24.3 Å². The lowest BCUT2D eigenvalue weighted by Crippen LogP contribution is -2.65. The summed E-state index contributed by atoms with van der Waals surface area (Å²) in [5, 5.41) is 148. The van der Waals surface area contributed by atoms with Gasteiger partial charge in [0.1, 0.15) is 90.6 Å². The number of aliphatic hydroxyl groups is 10. The highest BCUT2D eigenvalue weighted by Gasteiger charge is 2.52. The summed E-state index contributed by atoms with van der Waals surface area (Å²) in [6, 6.07) is 9.51. The number of carbonyl (C=O) groups excluding carboxylic acids is 1. The highest BCUT2D eigenvalue weighted by atomic mass is 16.8. The number of esters is 1. The third kappa shape index (κ3) is 10.7. The molecule has 25 heteroatoms. The molecule has 4 aromatic rings. The van der Waals surface area contributed by atoms with E-state index >= 15 is 0 Å². The minimum absolute atomic E-state index is 0.0223. The molecule has 6 unspecified atom stereocenters. The van der Waals surface area contributed by atoms with Gasteiger partial charge in [-0.05, 0) is 35.9 Å². The molecule has 0 aliphatic carbocycles. The van der Waals surface area contributed by atoms with Crippen molar-refractivity contribution in [3.63, 3.8) is 0 Å². The number of phenols is 4. The van der Waals surface area contributed by atoms with E-state index in [1.807, 2.05) is 0 Å². The molecule has 0 amide bonds. The first-order chi connectivity index (χ1) is 32.9. The van der Waals surface area contributed by atoms with E-state index in [0.717, 1.165) is 30.3 Å². The van der Waals surface area contributed by atoms with Crippen LogP contribution in [0.15, 0.2) is 59.0 Å². The largest absolute Gasteiger partial charge is 0.507 e. The molecule has 7 rings (SSSR count). The highest BCUT2D eigenvalue weighted by Crippen LogP contribution is 2.44. The SMILES string of the molecule is COc1cc(/C=C/C(=O)OCC2O[C@@H](Oc3cc4c(O[C@@H]5OC(CO)[C@@H](O)[C@H](O)C5O)cc(O)cc4[o+]c3-c3ccc(O)c(O)c3)[C@H](O[C@@H]3OC(CO)[C@@H](O)[C@H](O)C3O)C(O)[C@@H]2O)cc(OC)c1O. The third-order valence-corrected chi connectivity index (χ3v) is 11.5. The van der Waals surface area contributed by atoms with Gasteiger partial charge < -0.3 is 114 Å². The maximum absolute atomic E-state index is 13.0. The van der Waals surface area contributed by atoms with Crippen LogP contribution in [0.1, 0.15) is 5.56 Å². The Hall–Kier alpha value is -5.88. The van der Waals surface area contributed by atoms with Gasteiger partial charge in [-0.3, -0.25) is 0 Å². The number of rotatable bonds is 15. The van der Waals surface area contributed by atoms with Crippen LogP contribution in [0, 0.1) is 0 Å². The Morgan fingerprint density at radius 2 is 1.20 bits per heavy atom. The van der Waals surface area contributed by atoms with Crippen LogP contribution < -0.4 is 18.9 Å². The van der Waals surface area contributed by atoms with Crippen molar-refractivity contribution in [2.75, 3.05) is 34.0 Å². The quantitative estimate of drug-likeness (QED) is 0.0257. The van der Waals surface area contributed by atoms with E-state index in [4.69, 9.17) is 47.0 Å². The standard InChI is InChI=1S/C44H50O25/c1-60-24-7-16(8-25(61-2)31(24)51)3-6-30(50)62-15-29-34(54)37(57)41(69-43-39(59)36(56)33(53)28(14-46)67-43)44(68-29)65-26-12-19-22(63-40(26)17-4-5-20(48)21(49)9-17)10-18(47)11-23(19)64-42-38(58)35(55)32(52)27(13-45)66-42/h3-12,27-29,32-39,41-46,52-59H,13-15H2,1-2H3,(H3-,47,48,49,50,51)/p+1/t27?,28?,29?,32-,33-,34-,35+,36+,37?,38?,39?,41-,42-,43+,44-/m1/s1. The fourth-order valence-electron chi connectivity index (χ4n) is 7.64. The van der Waals surface area contributed by atoms with Crippen molar-refractivity contribution in [2.45, 2.75) is 92.1 Å². The van der Waals surface area contributed by atoms with E-state index in [9.17, 15) is 76.3 Å². The summed E-state index contributed by atoms with van der Waals surface area (Å²) >= 11 is 0. The van der Waals surface area contributed by atoms with Gasteiger partial charge in [0.15, 0.2) is 35.4 Å². The summed E-state index contributed by atoms with van der Waals surface area (Å²) < 4.78 is 57.0. The fraction of sp³-hybridized carbons (Fsp3) is 0.455. The van der Waals surface area contributed by atoms with E-state index in [1.54, 1.807) is 0 Å². The molecule has 3 aliphatic heterocycles.